The predicted molar refractivity (Wildman–Crippen MR) is 99.0 cm³/mol. The minimum absolute atomic E-state index is 0.125. The maximum Gasteiger partial charge on any atom is 0.255 e. The Balaban J connectivity index is 1.57. The molecular weight excluding hydrogens is 330 g/mol. The fourth-order valence-corrected chi connectivity index (χ4v) is 3.96. The van der Waals surface area contributed by atoms with Crippen molar-refractivity contribution in [3.05, 3.63) is 58.5 Å². The highest BCUT2D eigenvalue weighted by atomic mass is 16.5. The molecule has 4 heterocycles. The van der Waals surface area contributed by atoms with E-state index in [0.29, 0.717) is 22.9 Å². The van der Waals surface area contributed by atoms with Gasteiger partial charge in [-0.25, -0.2) is 0 Å². The number of carbonyl (C=O) groups is 1. The van der Waals surface area contributed by atoms with E-state index in [-0.39, 0.29) is 17.5 Å². The minimum atomic E-state index is -0.183. The average molecular weight is 353 g/mol. The van der Waals surface area contributed by atoms with Gasteiger partial charge in [-0.3, -0.25) is 14.2 Å². The number of hydrogen-bond acceptors (Lipinski definition) is 4. The number of nitrogens with zero attached hydrogens (tertiary/aromatic N) is 2. The molecular formula is C20H23N3O3. The summed E-state index contributed by atoms with van der Waals surface area (Å²) in [5.74, 6) is 1.10. The van der Waals surface area contributed by atoms with Crippen LogP contribution in [0.2, 0.25) is 0 Å². The number of rotatable bonds is 4. The summed E-state index contributed by atoms with van der Waals surface area (Å²) in [6, 6.07) is 10.5. The Kier molecular flexibility index (Phi) is 4.51. The van der Waals surface area contributed by atoms with E-state index in [1.807, 2.05) is 18.2 Å². The molecule has 0 spiro atoms. The first-order valence-corrected chi connectivity index (χ1v) is 9.04. The van der Waals surface area contributed by atoms with Crippen molar-refractivity contribution >= 4 is 5.91 Å². The van der Waals surface area contributed by atoms with Crippen LogP contribution in [0, 0.1) is 5.92 Å². The Hall–Kier alpha value is -2.60. The molecule has 0 aliphatic carbocycles. The Morgan fingerprint density at radius 3 is 2.69 bits per heavy atom. The number of hydrogen-bond donors (Lipinski definition) is 1. The number of aromatic nitrogens is 1. The highest BCUT2D eigenvalue weighted by Gasteiger charge is 2.34. The topological polar surface area (TPSA) is 63.6 Å². The van der Waals surface area contributed by atoms with E-state index in [0.717, 1.165) is 32.5 Å². The lowest BCUT2D eigenvalue weighted by molar-refractivity contribution is 0.0620. The predicted octanol–water partition coefficient (Wildman–Crippen LogP) is 1.67. The van der Waals surface area contributed by atoms with E-state index in [1.54, 1.807) is 25.4 Å². The Labute approximate surface area is 152 Å². The highest BCUT2D eigenvalue weighted by molar-refractivity contribution is 5.94. The third kappa shape index (κ3) is 3.24. The van der Waals surface area contributed by atoms with Crippen molar-refractivity contribution in [2.75, 3.05) is 26.7 Å². The van der Waals surface area contributed by atoms with Crippen molar-refractivity contribution in [3.8, 4) is 11.4 Å². The van der Waals surface area contributed by atoms with Crippen LogP contribution in [0.4, 0.5) is 0 Å². The normalized spacial score (nSPS) is 24.3. The van der Waals surface area contributed by atoms with Gasteiger partial charge in [0.2, 0.25) is 0 Å². The smallest absolute Gasteiger partial charge is 0.255 e. The molecule has 3 aliphatic rings. The number of ether oxygens (including phenoxy) is 1. The molecule has 136 valence electrons. The number of amides is 1. The third-order valence-corrected chi connectivity index (χ3v) is 5.48. The summed E-state index contributed by atoms with van der Waals surface area (Å²) < 4.78 is 6.70. The molecule has 2 aromatic rings. The summed E-state index contributed by atoms with van der Waals surface area (Å²) in [6.07, 6.45) is 3.90. The van der Waals surface area contributed by atoms with Gasteiger partial charge in [0.05, 0.1) is 18.4 Å². The van der Waals surface area contributed by atoms with Gasteiger partial charge in [0, 0.05) is 30.9 Å². The minimum Gasteiger partial charge on any atom is -0.497 e. The summed E-state index contributed by atoms with van der Waals surface area (Å²) in [5.41, 5.74) is 0.980. The van der Waals surface area contributed by atoms with E-state index >= 15 is 0 Å². The van der Waals surface area contributed by atoms with E-state index in [9.17, 15) is 9.59 Å². The van der Waals surface area contributed by atoms with Crippen LogP contribution < -0.4 is 15.6 Å². The lowest BCUT2D eigenvalue weighted by Gasteiger charge is -2.44. The molecule has 1 N–H and O–H groups in total. The van der Waals surface area contributed by atoms with Gasteiger partial charge in [-0.1, -0.05) is 6.07 Å². The summed E-state index contributed by atoms with van der Waals surface area (Å²) in [5, 5.41) is 3.17. The van der Waals surface area contributed by atoms with Gasteiger partial charge in [0.1, 0.15) is 5.75 Å². The van der Waals surface area contributed by atoms with Crippen molar-refractivity contribution in [2.24, 2.45) is 5.92 Å². The molecule has 1 atom stereocenters. The van der Waals surface area contributed by atoms with Crippen molar-refractivity contribution in [1.82, 2.24) is 14.8 Å². The van der Waals surface area contributed by atoms with Gasteiger partial charge in [-0.05, 0) is 50.0 Å². The molecule has 0 saturated carbocycles. The summed E-state index contributed by atoms with van der Waals surface area (Å²) in [4.78, 5) is 27.4. The fourth-order valence-electron chi connectivity index (χ4n) is 3.96. The number of methoxy groups -OCH3 is 1. The van der Waals surface area contributed by atoms with Gasteiger partial charge >= 0.3 is 0 Å². The number of piperidine rings is 3. The Bertz CT molecular complexity index is 869. The van der Waals surface area contributed by atoms with Crippen LogP contribution in [0.3, 0.4) is 0 Å². The Morgan fingerprint density at radius 1 is 1.19 bits per heavy atom. The summed E-state index contributed by atoms with van der Waals surface area (Å²) >= 11 is 0. The maximum atomic E-state index is 12.7. The van der Waals surface area contributed by atoms with Crippen LogP contribution in [0.1, 0.15) is 23.2 Å². The summed E-state index contributed by atoms with van der Waals surface area (Å²) in [6.45, 7) is 3.20. The largest absolute Gasteiger partial charge is 0.497 e. The van der Waals surface area contributed by atoms with Crippen LogP contribution in [-0.4, -0.2) is 48.2 Å². The highest BCUT2D eigenvalue weighted by Crippen LogP contribution is 2.27. The average Bonchev–Trinajstić information content (AvgIpc) is 2.69. The van der Waals surface area contributed by atoms with Crippen LogP contribution in [0.5, 0.6) is 5.75 Å². The van der Waals surface area contributed by atoms with Crippen LogP contribution >= 0.6 is 0 Å². The van der Waals surface area contributed by atoms with Crippen LogP contribution in [0.25, 0.3) is 5.69 Å². The molecule has 6 nitrogen and oxygen atoms in total. The SMILES string of the molecule is COc1cccc(-n2cc(C(=O)NC3CN4CCC3CC4)ccc2=O)c1. The quantitative estimate of drug-likeness (QED) is 0.908. The van der Waals surface area contributed by atoms with Gasteiger partial charge in [-0.15, -0.1) is 0 Å². The number of fused-ring (bicyclic) bond motifs is 3. The second-order valence-corrected chi connectivity index (χ2v) is 7.05. The maximum absolute atomic E-state index is 12.7. The standard InChI is InChI=1S/C20H23N3O3/c1-26-17-4-2-3-16(11-17)23-12-15(5-6-19(23)24)20(25)21-18-13-22-9-7-14(18)8-10-22/h2-6,11-12,14,18H,7-10,13H2,1H3,(H,21,25). The van der Waals surface area contributed by atoms with Crippen molar-refractivity contribution in [3.63, 3.8) is 0 Å². The zero-order valence-corrected chi connectivity index (χ0v) is 14.9. The molecule has 1 unspecified atom stereocenters. The van der Waals surface area contributed by atoms with Crippen LogP contribution in [-0.2, 0) is 0 Å². The first-order valence-electron chi connectivity index (χ1n) is 9.04. The summed E-state index contributed by atoms with van der Waals surface area (Å²) in [7, 11) is 1.58. The van der Waals surface area contributed by atoms with Gasteiger partial charge < -0.3 is 15.0 Å². The number of nitrogens with one attached hydrogen (secondary N) is 1. The van der Waals surface area contributed by atoms with E-state index in [2.05, 4.69) is 10.2 Å². The zero-order valence-electron chi connectivity index (χ0n) is 14.9. The first kappa shape index (κ1) is 16.8. The number of carbonyl (C=O) groups excluding carboxylic acids is 1. The van der Waals surface area contributed by atoms with Gasteiger partial charge in [0.25, 0.3) is 11.5 Å². The molecule has 2 bridgehead atoms. The molecule has 0 radical (unpaired) electrons. The zero-order chi connectivity index (χ0) is 18.1. The molecule has 26 heavy (non-hydrogen) atoms. The second kappa shape index (κ2) is 6.96. The molecule has 1 aromatic carbocycles. The van der Waals surface area contributed by atoms with Crippen LogP contribution in [0.15, 0.2) is 47.4 Å². The van der Waals surface area contributed by atoms with Gasteiger partial charge in [-0.2, -0.15) is 0 Å². The second-order valence-electron chi connectivity index (χ2n) is 7.05. The van der Waals surface area contributed by atoms with Crippen molar-refractivity contribution in [2.45, 2.75) is 18.9 Å². The lowest BCUT2D eigenvalue weighted by atomic mass is 9.84. The first-order chi connectivity index (χ1) is 12.6. The van der Waals surface area contributed by atoms with Crippen molar-refractivity contribution in [1.29, 1.82) is 0 Å². The third-order valence-electron chi connectivity index (χ3n) is 5.48. The monoisotopic (exact) mass is 353 g/mol. The molecule has 3 saturated heterocycles. The molecule has 1 aromatic heterocycles. The fraction of sp³-hybridized carbons (Fsp3) is 0.400. The van der Waals surface area contributed by atoms with E-state index in [1.165, 1.54) is 10.6 Å². The lowest BCUT2D eigenvalue weighted by Crippen LogP contribution is -2.57. The molecule has 6 heteroatoms. The molecule has 3 aliphatic heterocycles. The molecule has 1 amide bonds. The number of pyridine rings is 1. The Morgan fingerprint density at radius 2 is 2.00 bits per heavy atom. The van der Waals surface area contributed by atoms with Crippen molar-refractivity contribution < 1.29 is 9.53 Å². The van der Waals surface area contributed by atoms with Gasteiger partial charge in [0.15, 0.2) is 0 Å². The van der Waals surface area contributed by atoms with E-state index in [4.69, 9.17) is 4.74 Å². The van der Waals surface area contributed by atoms with E-state index < -0.39 is 0 Å². The molecule has 3 fully saturated rings. The molecule has 5 rings (SSSR count). The number of benzene rings is 1.